The lowest BCUT2D eigenvalue weighted by Crippen LogP contribution is -2.17. The smallest absolute Gasteiger partial charge is 0.249 e. The van der Waals surface area contributed by atoms with Crippen LogP contribution in [0.2, 0.25) is 0 Å². The molecule has 0 aromatic carbocycles. The average Bonchev–Trinajstić information content (AvgIpc) is 2.52. The minimum atomic E-state index is -3.39. The number of Topliss-reactive ketones (excluding diaryl/α,β-unsaturated/α-hetero) is 1. The van der Waals surface area contributed by atoms with Crippen LogP contribution in [0.25, 0.3) is 0 Å². The van der Waals surface area contributed by atoms with E-state index >= 15 is 0 Å². The first-order valence-electron chi connectivity index (χ1n) is 3.51. The fourth-order valence-corrected chi connectivity index (χ4v) is 2.79. The Hall–Kier alpha value is -0.720. The van der Waals surface area contributed by atoms with Gasteiger partial charge in [-0.05, 0) is 26.1 Å². The van der Waals surface area contributed by atoms with Crippen LogP contribution in [0.5, 0.6) is 0 Å². The molecule has 6 heteroatoms. The molecule has 0 saturated heterocycles. The normalized spacial score (nSPS) is 11.5. The molecule has 0 aliphatic rings. The van der Waals surface area contributed by atoms with E-state index in [-0.39, 0.29) is 9.99 Å². The molecule has 0 amide bonds. The summed E-state index contributed by atoms with van der Waals surface area (Å²) in [5.74, 6) is -0.123. The van der Waals surface area contributed by atoms with E-state index in [1.165, 1.54) is 26.1 Å². The highest BCUT2D eigenvalue weighted by Gasteiger charge is 2.15. The molecule has 0 aliphatic carbocycles. The van der Waals surface area contributed by atoms with Crippen molar-refractivity contribution in [1.29, 1.82) is 0 Å². The molecule has 4 nitrogen and oxygen atoms in total. The van der Waals surface area contributed by atoms with Crippen LogP contribution in [0.4, 0.5) is 0 Å². The molecule has 0 unspecified atom stereocenters. The van der Waals surface area contributed by atoms with E-state index < -0.39 is 10.0 Å². The molecule has 0 radical (unpaired) electrons. The van der Waals surface area contributed by atoms with Crippen LogP contribution in [0.15, 0.2) is 16.3 Å². The quantitative estimate of drug-likeness (QED) is 0.767. The fraction of sp³-hybridized carbons (Fsp3) is 0.286. The van der Waals surface area contributed by atoms with Crippen molar-refractivity contribution in [3.05, 3.63) is 17.0 Å². The van der Waals surface area contributed by atoms with Crippen LogP contribution in [0.1, 0.15) is 16.6 Å². The van der Waals surface area contributed by atoms with Crippen LogP contribution in [-0.2, 0) is 10.0 Å². The summed E-state index contributed by atoms with van der Waals surface area (Å²) >= 11 is 0.972. The Morgan fingerprint density at radius 2 is 2.08 bits per heavy atom. The second-order valence-electron chi connectivity index (χ2n) is 2.38. The number of hydrogen-bond acceptors (Lipinski definition) is 4. The number of rotatable bonds is 3. The SMILES string of the molecule is CNS(=O)(=O)c1ccc(C(C)=O)s1. The van der Waals surface area contributed by atoms with E-state index in [9.17, 15) is 13.2 Å². The minimum absolute atomic E-state index is 0.123. The third-order valence-electron chi connectivity index (χ3n) is 1.46. The van der Waals surface area contributed by atoms with Crippen molar-refractivity contribution in [2.75, 3.05) is 7.05 Å². The number of sulfonamides is 1. The maximum atomic E-state index is 11.2. The van der Waals surface area contributed by atoms with Gasteiger partial charge < -0.3 is 0 Å². The second-order valence-corrected chi connectivity index (χ2v) is 5.58. The summed E-state index contributed by atoms with van der Waals surface area (Å²) in [4.78, 5) is 11.3. The van der Waals surface area contributed by atoms with Gasteiger partial charge in [-0.15, -0.1) is 11.3 Å². The van der Waals surface area contributed by atoms with E-state index in [4.69, 9.17) is 0 Å². The number of nitrogens with one attached hydrogen (secondary N) is 1. The number of thiophene rings is 1. The Bertz CT molecular complexity index is 419. The second kappa shape index (κ2) is 3.57. The van der Waals surface area contributed by atoms with Crippen molar-refractivity contribution in [2.45, 2.75) is 11.1 Å². The predicted molar refractivity (Wildman–Crippen MR) is 50.6 cm³/mol. The number of hydrogen-bond donors (Lipinski definition) is 1. The highest BCUT2D eigenvalue weighted by Crippen LogP contribution is 2.21. The monoisotopic (exact) mass is 219 g/mol. The summed E-state index contributed by atoms with van der Waals surface area (Å²) < 4.78 is 24.8. The van der Waals surface area contributed by atoms with Gasteiger partial charge in [0.1, 0.15) is 4.21 Å². The molecule has 0 fully saturated rings. The van der Waals surface area contributed by atoms with Crippen LogP contribution in [0, 0.1) is 0 Å². The van der Waals surface area contributed by atoms with Gasteiger partial charge in [0, 0.05) is 0 Å². The molecule has 0 spiro atoms. The topological polar surface area (TPSA) is 63.2 Å². The highest BCUT2D eigenvalue weighted by atomic mass is 32.2. The molecule has 1 aromatic rings. The molecule has 1 heterocycles. The first kappa shape index (κ1) is 10.4. The van der Waals surface area contributed by atoms with Crippen LogP contribution < -0.4 is 4.72 Å². The van der Waals surface area contributed by atoms with Crippen LogP contribution >= 0.6 is 11.3 Å². The number of ketones is 1. The molecule has 0 saturated carbocycles. The molecule has 1 aromatic heterocycles. The highest BCUT2D eigenvalue weighted by molar-refractivity contribution is 7.91. The summed E-state index contributed by atoms with van der Waals surface area (Å²) in [5, 5.41) is 0. The molecule has 13 heavy (non-hydrogen) atoms. The maximum absolute atomic E-state index is 11.2. The fourth-order valence-electron chi connectivity index (χ4n) is 0.754. The van der Waals surface area contributed by atoms with Crippen LogP contribution in [0.3, 0.4) is 0 Å². The molecular formula is C7H9NO3S2. The Morgan fingerprint density at radius 3 is 2.46 bits per heavy atom. The Kier molecular flexibility index (Phi) is 2.84. The summed E-state index contributed by atoms with van der Waals surface area (Å²) in [6, 6.07) is 2.93. The number of carbonyl (C=O) groups excluding carboxylic acids is 1. The molecule has 1 rings (SSSR count). The first-order chi connectivity index (χ1) is 5.97. The lowest BCUT2D eigenvalue weighted by atomic mass is 10.4. The molecule has 1 N–H and O–H groups in total. The van der Waals surface area contributed by atoms with E-state index in [0.29, 0.717) is 4.88 Å². The van der Waals surface area contributed by atoms with Gasteiger partial charge in [0.05, 0.1) is 4.88 Å². The largest absolute Gasteiger partial charge is 0.294 e. The van der Waals surface area contributed by atoms with E-state index in [1.807, 2.05) is 0 Å². The van der Waals surface area contributed by atoms with Crippen molar-refractivity contribution < 1.29 is 13.2 Å². The van der Waals surface area contributed by atoms with Crippen molar-refractivity contribution in [3.63, 3.8) is 0 Å². The van der Waals surface area contributed by atoms with Crippen molar-refractivity contribution in [2.24, 2.45) is 0 Å². The molecule has 0 bridgehead atoms. The summed E-state index contributed by atoms with van der Waals surface area (Å²) in [6.07, 6.45) is 0. The third kappa shape index (κ3) is 2.15. The van der Waals surface area contributed by atoms with E-state index in [1.54, 1.807) is 0 Å². The zero-order valence-electron chi connectivity index (χ0n) is 7.20. The summed E-state index contributed by atoms with van der Waals surface area (Å²) in [6.45, 7) is 1.40. The van der Waals surface area contributed by atoms with Crippen molar-refractivity contribution >= 4 is 27.1 Å². The number of carbonyl (C=O) groups is 1. The zero-order chi connectivity index (χ0) is 10.1. The maximum Gasteiger partial charge on any atom is 0.249 e. The molecular weight excluding hydrogens is 210 g/mol. The van der Waals surface area contributed by atoms with E-state index in [0.717, 1.165) is 11.3 Å². The van der Waals surface area contributed by atoms with Gasteiger partial charge in [0.15, 0.2) is 5.78 Å². The first-order valence-corrected chi connectivity index (χ1v) is 5.81. The molecule has 72 valence electrons. The standard InChI is InChI=1S/C7H9NO3S2/c1-5(9)6-3-4-7(12-6)13(10,11)8-2/h3-4,8H,1-2H3. The van der Waals surface area contributed by atoms with Gasteiger partial charge in [0.2, 0.25) is 10.0 Å². The van der Waals surface area contributed by atoms with Gasteiger partial charge >= 0.3 is 0 Å². The predicted octanol–water partition coefficient (Wildman–Crippen LogP) is 0.859. The zero-order valence-corrected chi connectivity index (χ0v) is 8.83. The summed E-state index contributed by atoms with van der Waals surface area (Å²) in [5.41, 5.74) is 0. The van der Waals surface area contributed by atoms with Gasteiger partial charge in [-0.25, -0.2) is 13.1 Å². The minimum Gasteiger partial charge on any atom is -0.294 e. The van der Waals surface area contributed by atoms with Gasteiger partial charge in [-0.3, -0.25) is 4.79 Å². The Labute approximate surface area is 80.6 Å². The van der Waals surface area contributed by atoms with Gasteiger partial charge in [-0.1, -0.05) is 0 Å². The third-order valence-corrected chi connectivity index (χ3v) is 4.55. The Morgan fingerprint density at radius 1 is 1.46 bits per heavy atom. The van der Waals surface area contributed by atoms with Crippen molar-refractivity contribution in [3.8, 4) is 0 Å². The lowest BCUT2D eigenvalue weighted by Gasteiger charge is -1.95. The Balaban J connectivity index is 3.13. The summed E-state index contributed by atoms with van der Waals surface area (Å²) in [7, 11) is -2.06. The van der Waals surface area contributed by atoms with E-state index in [2.05, 4.69) is 4.72 Å². The molecule has 0 aliphatic heterocycles. The average molecular weight is 219 g/mol. The van der Waals surface area contributed by atoms with Crippen molar-refractivity contribution in [1.82, 2.24) is 4.72 Å². The lowest BCUT2D eigenvalue weighted by molar-refractivity contribution is 0.102. The van der Waals surface area contributed by atoms with Gasteiger partial charge in [-0.2, -0.15) is 0 Å². The molecule has 0 atom stereocenters. The van der Waals surface area contributed by atoms with Gasteiger partial charge in [0.25, 0.3) is 0 Å². The van der Waals surface area contributed by atoms with Crippen LogP contribution in [-0.4, -0.2) is 21.2 Å².